The molecule has 0 unspecified atom stereocenters. The van der Waals surface area contributed by atoms with E-state index in [1.807, 2.05) is 54.6 Å². The van der Waals surface area contributed by atoms with Crippen molar-refractivity contribution in [2.24, 2.45) is 0 Å². The molecule has 0 N–H and O–H groups in total. The van der Waals surface area contributed by atoms with Crippen molar-refractivity contribution in [3.63, 3.8) is 0 Å². The molecule has 0 aliphatic heterocycles. The van der Waals surface area contributed by atoms with Gasteiger partial charge in [-0.2, -0.15) is 5.26 Å². The Balaban J connectivity index is 2.22. The van der Waals surface area contributed by atoms with Crippen LogP contribution in [0, 0.1) is 17.8 Å². The van der Waals surface area contributed by atoms with Gasteiger partial charge in [0.15, 0.2) is 0 Å². The van der Waals surface area contributed by atoms with Crippen LogP contribution in [0.1, 0.15) is 5.56 Å². The number of rotatable bonds is 3. The SMILES string of the molecule is N#C[CH]c1cccc(Oc2ccccc2Br)c1. The summed E-state index contributed by atoms with van der Waals surface area (Å²) < 4.78 is 6.62. The van der Waals surface area contributed by atoms with E-state index in [0.717, 1.165) is 15.8 Å². The molecule has 0 fully saturated rings. The van der Waals surface area contributed by atoms with Crippen LogP contribution in [0.25, 0.3) is 0 Å². The first-order valence-corrected chi connectivity index (χ1v) is 5.84. The molecule has 17 heavy (non-hydrogen) atoms. The van der Waals surface area contributed by atoms with E-state index in [9.17, 15) is 0 Å². The Bertz CT molecular complexity index is 560. The average Bonchev–Trinajstić information content (AvgIpc) is 2.33. The van der Waals surface area contributed by atoms with Crippen molar-refractivity contribution < 1.29 is 4.74 Å². The second-order valence-corrected chi connectivity index (χ2v) is 4.23. The second-order valence-electron chi connectivity index (χ2n) is 3.38. The van der Waals surface area contributed by atoms with E-state index in [2.05, 4.69) is 15.9 Å². The summed E-state index contributed by atoms with van der Waals surface area (Å²) in [6.07, 6.45) is 1.48. The Kier molecular flexibility index (Phi) is 3.79. The van der Waals surface area contributed by atoms with Gasteiger partial charge < -0.3 is 4.74 Å². The number of nitriles is 1. The van der Waals surface area contributed by atoms with Gasteiger partial charge in [-0.1, -0.05) is 24.3 Å². The highest BCUT2D eigenvalue weighted by molar-refractivity contribution is 9.10. The molecule has 0 saturated carbocycles. The van der Waals surface area contributed by atoms with Gasteiger partial charge in [0.1, 0.15) is 11.5 Å². The summed E-state index contributed by atoms with van der Waals surface area (Å²) in [5.74, 6) is 1.46. The lowest BCUT2D eigenvalue weighted by atomic mass is 10.1. The molecule has 0 aromatic heterocycles. The largest absolute Gasteiger partial charge is 0.456 e. The summed E-state index contributed by atoms with van der Waals surface area (Å²) in [5.41, 5.74) is 0.831. The van der Waals surface area contributed by atoms with Gasteiger partial charge in [-0.05, 0) is 45.8 Å². The van der Waals surface area contributed by atoms with Crippen molar-refractivity contribution in [3.05, 3.63) is 65.0 Å². The molecule has 0 spiro atoms. The molecule has 0 aliphatic rings. The van der Waals surface area contributed by atoms with Crippen LogP contribution in [-0.2, 0) is 0 Å². The van der Waals surface area contributed by atoms with Gasteiger partial charge in [0, 0.05) is 0 Å². The normalized spacial score (nSPS) is 9.65. The van der Waals surface area contributed by atoms with Gasteiger partial charge in [-0.15, -0.1) is 0 Å². The molecule has 0 amide bonds. The van der Waals surface area contributed by atoms with Crippen LogP contribution in [0.5, 0.6) is 11.5 Å². The van der Waals surface area contributed by atoms with Gasteiger partial charge in [-0.3, -0.25) is 0 Å². The van der Waals surface area contributed by atoms with Crippen LogP contribution in [0.3, 0.4) is 0 Å². The van der Waals surface area contributed by atoms with Crippen LogP contribution >= 0.6 is 15.9 Å². The molecular formula is C14H9BrNO. The molecule has 0 saturated heterocycles. The molecule has 0 heterocycles. The first kappa shape index (κ1) is 11.7. The second kappa shape index (κ2) is 5.51. The minimum atomic E-state index is 0.709. The number of halogens is 1. The zero-order valence-corrected chi connectivity index (χ0v) is 10.5. The van der Waals surface area contributed by atoms with Gasteiger partial charge in [-0.25, -0.2) is 0 Å². The summed E-state index contributed by atoms with van der Waals surface area (Å²) in [6, 6.07) is 17.0. The molecule has 83 valence electrons. The molecule has 2 rings (SSSR count). The highest BCUT2D eigenvalue weighted by atomic mass is 79.9. The van der Waals surface area contributed by atoms with Crippen molar-refractivity contribution in [3.8, 4) is 17.6 Å². The van der Waals surface area contributed by atoms with Gasteiger partial charge in [0.05, 0.1) is 17.0 Å². The lowest BCUT2D eigenvalue weighted by Gasteiger charge is -2.07. The van der Waals surface area contributed by atoms with E-state index in [1.165, 1.54) is 6.42 Å². The monoisotopic (exact) mass is 286 g/mol. The van der Waals surface area contributed by atoms with Crippen LogP contribution in [0.2, 0.25) is 0 Å². The van der Waals surface area contributed by atoms with Crippen molar-refractivity contribution in [1.29, 1.82) is 5.26 Å². The first-order chi connectivity index (χ1) is 8.29. The highest BCUT2D eigenvalue weighted by Gasteiger charge is 2.02. The Morgan fingerprint density at radius 3 is 2.71 bits per heavy atom. The fourth-order valence-corrected chi connectivity index (χ4v) is 1.76. The summed E-state index contributed by atoms with van der Waals surface area (Å²) >= 11 is 3.42. The van der Waals surface area contributed by atoms with Crippen molar-refractivity contribution in [1.82, 2.24) is 0 Å². The summed E-state index contributed by atoms with van der Waals surface area (Å²) in [7, 11) is 0. The summed E-state index contributed by atoms with van der Waals surface area (Å²) in [6.45, 7) is 0. The number of ether oxygens (including phenoxy) is 1. The van der Waals surface area contributed by atoms with Crippen LogP contribution in [0.4, 0.5) is 0 Å². The number of hydrogen-bond acceptors (Lipinski definition) is 2. The quantitative estimate of drug-likeness (QED) is 0.842. The number of benzene rings is 2. The molecule has 2 nitrogen and oxygen atoms in total. The standard InChI is InChI=1S/C14H9BrNO/c15-13-6-1-2-7-14(13)17-12-5-3-4-11(10-12)8-9-16/h1-8,10H. The average molecular weight is 287 g/mol. The smallest absolute Gasteiger partial charge is 0.141 e. The van der Waals surface area contributed by atoms with Crippen molar-refractivity contribution >= 4 is 15.9 Å². The molecule has 1 radical (unpaired) electrons. The van der Waals surface area contributed by atoms with E-state index in [4.69, 9.17) is 10.00 Å². The Morgan fingerprint density at radius 2 is 1.94 bits per heavy atom. The Labute approximate surface area is 109 Å². The van der Waals surface area contributed by atoms with Crippen LogP contribution in [0.15, 0.2) is 53.0 Å². The molecule has 0 atom stereocenters. The van der Waals surface area contributed by atoms with Gasteiger partial charge in [0.2, 0.25) is 0 Å². The number of nitrogens with zero attached hydrogens (tertiary/aromatic N) is 1. The molecule has 2 aromatic carbocycles. The number of hydrogen-bond donors (Lipinski definition) is 0. The topological polar surface area (TPSA) is 33.0 Å². The number of para-hydroxylation sites is 1. The van der Waals surface area contributed by atoms with Gasteiger partial charge >= 0.3 is 0 Å². The maximum Gasteiger partial charge on any atom is 0.141 e. The molecular weight excluding hydrogens is 278 g/mol. The zero-order chi connectivity index (χ0) is 12.1. The minimum absolute atomic E-state index is 0.709. The molecule has 3 heteroatoms. The van der Waals surface area contributed by atoms with E-state index >= 15 is 0 Å². The van der Waals surface area contributed by atoms with E-state index in [-0.39, 0.29) is 0 Å². The third kappa shape index (κ3) is 3.08. The van der Waals surface area contributed by atoms with Crippen LogP contribution in [-0.4, -0.2) is 0 Å². The third-order valence-corrected chi connectivity index (χ3v) is 2.81. The van der Waals surface area contributed by atoms with E-state index < -0.39 is 0 Å². The van der Waals surface area contributed by atoms with Crippen LogP contribution < -0.4 is 4.74 Å². The summed E-state index contributed by atoms with van der Waals surface area (Å²) in [4.78, 5) is 0. The maximum atomic E-state index is 8.59. The lowest BCUT2D eigenvalue weighted by Crippen LogP contribution is -1.86. The lowest BCUT2D eigenvalue weighted by molar-refractivity contribution is 0.479. The Morgan fingerprint density at radius 1 is 1.12 bits per heavy atom. The highest BCUT2D eigenvalue weighted by Crippen LogP contribution is 2.29. The minimum Gasteiger partial charge on any atom is -0.456 e. The first-order valence-electron chi connectivity index (χ1n) is 5.05. The van der Waals surface area contributed by atoms with Crippen molar-refractivity contribution in [2.45, 2.75) is 0 Å². The third-order valence-electron chi connectivity index (χ3n) is 2.15. The predicted molar refractivity (Wildman–Crippen MR) is 69.7 cm³/mol. The predicted octanol–water partition coefficient (Wildman–Crippen LogP) is 4.32. The maximum absolute atomic E-state index is 8.59. The Hall–Kier alpha value is -1.79. The van der Waals surface area contributed by atoms with Gasteiger partial charge in [0.25, 0.3) is 0 Å². The van der Waals surface area contributed by atoms with E-state index in [0.29, 0.717) is 5.75 Å². The molecule has 2 aromatic rings. The molecule has 0 aliphatic carbocycles. The van der Waals surface area contributed by atoms with E-state index in [1.54, 1.807) is 0 Å². The van der Waals surface area contributed by atoms with Crippen molar-refractivity contribution in [2.75, 3.05) is 0 Å². The fourth-order valence-electron chi connectivity index (χ4n) is 1.40. The fraction of sp³-hybridized carbons (Fsp3) is 0. The molecule has 0 bridgehead atoms. The summed E-state index contributed by atoms with van der Waals surface area (Å²) in [5, 5.41) is 8.59. The zero-order valence-electron chi connectivity index (χ0n) is 8.93.